The fraction of sp³-hybridized carbons (Fsp3) is 0.375. The third kappa shape index (κ3) is 7.72. The molecule has 0 aromatic heterocycles. The second kappa shape index (κ2) is 13.6. The van der Waals surface area contributed by atoms with E-state index in [1.807, 2.05) is 71.9 Å². The molecule has 3 aromatic rings. The van der Waals surface area contributed by atoms with Crippen molar-refractivity contribution in [1.82, 2.24) is 10.2 Å². The average molecular weight is 564 g/mol. The van der Waals surface area contributed by atoms with Crippen molar-refractivity contribution in [3.8, 4) is 0 Å². The molecule has 7 nitrogen and oxygen atoms in total. The number of carbonyl (C=O) groups excluding carboxylic acids is 2. The number of benzene rings is 3. The van der Waals surface area contributed by atoms with Gasteiger partial charge in [0.25, 0.3) is 10.0 Å². The molecule has 0 unspecified atom stereocenters. The quantitative estimate of drug-likeness (QED) is 0.318. The Morgan fingerprint density at radius 2 is 1.48 bits per heavy atom. The maximum atomic E-state index is 14.1. The molecule has 1 N–H and O–H groups in total. The molecular formula is C32H41N3O4S. The first-order chi connectivity index (χ1) is 19.0. The van der Waals surface area contributed by atoms with Gasteiger partial charge in [-0.3, -0.25) is 13.9 Å². The summed E-state index contributed by atoms with van der Waals surface area (Å²) in [5.74, 6) is -0.695. The van der Waals surface area contributed by atoms with Gasteiger partial charge >= 0.3 is 0 Å². The minimum atomic E-state index is -4.09. The monoisotopic (exact) mass is 563 g/mol. The molecule has 0 saturated carbocycles. The molecule has 0 spiro atoms. The van der Waals surface area contributed by atoms with Gasteiger partial charge in [-0.1, -0.05) is 67.4 Å². The number of nitrogens with zero attached hydrogens (tertiary/aromatic N) is 2. The van der Waals surface area contributed by atoms with Gasteiger partial charge in [0.05, 0.1) is 10.6 Å². The van der Waals surface area contributed by atoms with Gasteiger partial charge in [-0.05, 0) is 81.5 Å². The zero-order chi connectivity index (χ0) is 29.4. The van der Waals surface area contributed by atoms with E-state index in [1.54, 1.807) is 36.4 Å². The van der Waals surface area contributed by atoms with Gasteiger partial charge in [0, 0.05) is 13.1 Å². The molecule has 0 aliphatic heterocycles. The Labute approximate surface area is 239 Å². The molecule has 0 saturated heterocycles. The van der Waals surface area contributed by atoms with E-state index in [9.17, 15) is 18.0 Å². The van der Waals surface area contributed by atoms with E-state index in [0.717, 1.165) is 34.2 Å². The molecule has 0 radical (unpaired) electrons. The Morgan fingerprint density at radius 3 is 2.05 bits per heavy atom. The van der Waals surface area contributed by atoms with Crippen LogP contribution in [0.5, 0.6) is 0 Å². The van der Waals surface area contributed by atoms with Crippen LogP contribution in [0.3, 0.4) is 0 Å². The Hall–Kier alpha value is -3.65. The first-order valence-corrected chi connectivity index (χ1v) is 15.2. The zero-order valence-corrected chi connectivity index (χ0v) is 25.2. The van der Waals surface area contributed by atoms with E-state index in [0.29, 0.717) is 18.7 Å². The fourth-order valence-electron chi connectivity index (χ4n) is 4.75. The number of anilines is 1. The highest BCUT2D eigenvalue weighted by molar-refractivity contribution is 7.92. The van der Waals surface area contributed by atoms with Crippen molar-refractivity contribution in [3.05, 3.63) is 94.5 Å². The summed E-state index contributed by atoms with van der Waals surface area (Å²) in [6.45, 7) is 11.7. The molecular weight excluding hydrogens is 522 g/mol. The van der Waals surface area contributed by atoms with Gasteiger partial charge in [0.2, 0.25) is 11.8 Å². The van der Waals surface area contributed by atoms with E-state index >= 15 is 0 Å². The van der Waals surface area contributed by atoms with Crippen LogP contribution in [0, 0.1) is 27.7 Å². The molecule has 0 heterocycles. The predicted molar refractivity (Wildman–Crippen MR) is 161 cm³/mol. The van der Waals surface area contributed by atoms with Crippen molar-refractivity contribution in [1.29, 1.82) is 0 Å². The predicted octanol–water partition coefficient (Wildman–Crippen LogP) is 5.45. The summed E-state index contributed by atoms with van der Waals surface area (Å²) in [5.41, 5.74) is 5.01. The summed E-state index contributed by atoms with van der Waals surface area (Å²) in [6, 6.07) is 19.1. The highest BCUT2D eigenvalue weighted by Crippen LogP contribution is 2.27. The minimum Gasteiger partial charge on any atom is -0.354 e. The largest absolute Gasteiger partial charge is 0.354 e. The van der Waals surface area contributed by atoms with Crippen LogP contribution in [-0.4, -0.2) is 44.3 Å². The lowest BCUT2D eigenvalue weighted by molar-refractivity contribution is -0.140. The van der Waals surface area contributed by atoms with Gasteiger partial charge in [-0.2, -0.15) is 0 Å². The molecule has 40 heavy (non-hydrogen) atoms. The van der Waals surface area contributed by atoms with Gasteiger partial charge in [0.15, 0.2) is 0 Å². The van der Waals surface area contributed by atoms with Crippen LogP contribution >= 0.6 is 0 Å². The Balaban J connectivity index is 2.09. The fourth-order valence-corrected chi connectivity index (χ4v) is 6.15. The second-order valence-corrected chi connectivity index (χ2v) is 12.3. The number of hydrogen-bond acceptors (Lipinski definition) is 4. The van der Waals surface area contributed by atoms with E-state index in [-0.39, 0.29) is 17.3 Å². The first-order valence-electron chi connectivity index (χ1n) is 13.8. The molecule has 214 valence electrons. The molecule has 3 aromatic carbocycles. The molecule has 8 heteroatoms. The standard InChI is InChI=1S/C32H41N3O4S/c1-7-16-33-32(37)30(8-2)34(21-27-11-9-10-24(4)18-27)31(36)22-35(28-19-25(5)17-26(6)20-28)40(38,39)29-14-12-23(3)13-15-29/h9-15,17-20,30H,7-8,16,21-22H2,1-6H3,(H,33,37)/t30-/m1/s1. The number of aryl methyl sites for hydroxylation is 4. The van der Waals surface area contributed by atoms with Gasteiger partial charge in [-0.25, -0.2) is 8.42 Å². The number of carbonyl (C=O) groups is 2. The number of nitrogens with one attached hydrogen (secondary N) is 1. The summed E-state index contributed by atoms with van der Waals surface area (Å²) in [4.78, 5) is 28.9. The lowest BCUT2D eigenvalue weighted by Gasteiger charge is -2.33. The molecule has 0 aliphatic carbocycles. The van der Waals surface area contributed by atoms with Crippen molar-refractivity contribution in [2.45, 2.75) is 71.9 Å². The molecule has 1 atom stereocenters. The minimum absolute atomic E-state index is 0.100. The summed E-state index contributed by atoms with van der Waals surface area (Å²) in [7, 11) is -4.09. The van der Waals surface area contributed by atoms with Crippen LogP contribution < -0.4 is 9.62 Å². The topological polar surface area (TPSA) is 86.8 Å². The van der Waals surface area contributed by atoms with Gasteiger partial charge in [-0.15, -0.1) is 0 Å². The van der Waals surface area contributed by atoms with Crippen LogP contribution in [0.25, 0.3) is 0 Å². The van der Waals surface area contributed by atoms with E-state index in [4.69, 9.17) is 0 Å². The number of rotatable bonds is 12. The third-order valence-corrected chi connectivity index (χ3v) is 8.54. The van der Waals surface area contributed by atoms with E-state index in [2.05, 4.69) is 5.32 Å². The average Bonchev–Trinajstić information content (AvgIpc) is 2.89. The van der Waals surface area contributed by atoms with Crippen LogP contribution in [0.1, 0.15) is 54.5 Å². The first kappa shape index (κ1) is 30.9. The summed E-state index contributed by atoms with van der Waals surface area (Å²) in [6.07, 6.45) is 1.16. The van der Waals surface area contributed by atoms with Crippen molar-refractivity contribution in [3.63, 3.8) is 0 Å². The van der Waals surface area contributed by atoms with Crippen molar-refractivity contribution in [2.24, 2.45) is 0 Å². The number of hydrogen-bond donors (Lipinski definition) is 1. The van der Waals surface area contributed by atoms with Crippen LogP contribution in [0.15, 0.2) is 71.6 Å². The normalized spacial score (nSPS) is 12.1. The third-order valence-electron chi connectivity index (χ3n) is 6.75. The lowest BCUT2D eigenvalue weighted by Crippen LogP contribution is -2.52. The summed E-state index contributed by atoms with van der Waals surface area (Å²) in [5, 5.41) is 2.91. The van der Waals surface area contributed by atoms with Gasteiger partial charge in [0.1, 0.15) is 12.6 Å². The molecule has 0 aliphatic rings. The SMILES string of the molecule is CCCNC(=O)[C@@H](CC)N(Cc1cccc(C)c1)C(=O)CN(c1cc(C)cc(C)c1)S(=O)(=O)c1ccc(C)cc1. The van der Waals surface area contributed by atoms with Crippen molar-refractivity contribution >= 4 is 27.5 Å². The Bertz CT molecular complexity index is 1410. The second-order valence-electron chi connectivity index (χ2n) is 10.4. The van der Waals surface area contributed by atoms with Crippen LogP contribution in [0.4, 0.5) is 5.69 Å². The van der Waals surface area contributed by atoms with Crippen LogP contribution in [-0.2, 0) is 26.2 Å². The van der Waals surface area contributed by atoms with E-state index in [1.165, 1.54) is 9.21 Å². The molecule has 0 bridgehead atoms. The smallest absolute Gasteiger partial charge is 0.264 e. The molecule has 0 fully saturated rings. The highest BCUT2D eigenvalue weighted by Gasteiger charge is 2.33. The van der Waals surface area contributed by atoms with Crippen molar-refractivity contribution in [2.75, 3.05) is 17.4 Å². The summed E-state index contributed by atoms with van der Waals surface area (Å²) < 4.78 is 29.2. The van der Waals surface area contributed by atoms with Gasteiger partial charge < -0.3 is 10.2 Å². The zero-order valence-electron chi connectivity index (χ0n) is 24.4. The van der Waals surface area contributed by atoms with Crippen LogP contribution in [0.2, 0.25) is 0 Å². The van der Waals surface area contributed by atoms with Crippen molar-refractivity contribution < 1.29 is 18.0 Å². The Morgan fingerprint density at radius 1 is 0.825 bits per heavy atom. The van der Waals surface area contributed by atoms with E-state index < -0.39 is 28.5 Å². The number of amides is 2. The maximum Gasteiger partial charge on any atom is 0.264 e. The molecule has 3 rings (SSSR count). The number of sulfonamides is 1. The lowest BCUT2D eigenvalue weighted by atomic mass is 10.1. The Kier molecular flexibility index (Phi) is 10.5. The summed E-state index contributed by atoms with van der Waals surface area (Å²) >= 11 is 0. The maximum absolute atomic E-state index is 14.1. The highest BCUT2D eigenvalue weighted by atomic mass is 32.2. The molecule has 2 amide bonds.